The molecular formula is C20H26N8O. The summed E-state index contributed by atoms with van der Waals surface area (Å²) in [6.07, 6.45) is 6.55. The molecule has 2 fully saturated rings. The van der Waals surface area contributed by atoms with Gasteiger partial charge in [0.1, 0.15) is 18.3 Å². The highest BCUT2D eigenvalue weighted by molar-refractivity contribution is 5.64. The molecule has 9 nitrogen and oxygen atoms in total. The molecule has 0 spiro atoms. The van der Waals surface area contributed by atoms with Crippen LogP contribution in [0.1, 0.15) is 6.99 Å². The van der Waals surface area contributed by atoms with E-state index >= 15 is 0 Å². The van der Waals surface area contributed by atoms with Crippen LogP contribution in [0.2, 0.25) is 0 Å². The van der Waals surface area contributed by atoms with Gasteiger partial charge >= 0.3 is 0 Å². The molecule has 0 radical (unpaired) electrons. The smallest absolute Gasteiger partial charge is 0.246 e. The number of nitrogens with one attached hydrogen (secondary N) is 1. The molecule has 29 heavy (non-hydrogen) atoms. The number of nitrogens with zero attached hydrogens (tertiary/aromatic N) is 7. The molecule has 5 rings (SSSR count). The first-order valence-corrected chi connectivity index (χ1v) is 9.87. The molecule has 0 bridgehead atoms. The number of anilines is 3. The molecule has 3 aromatic rings. The molecule has 1 N–H and O–H groups in total. The second-order valence-corrected chi connectivity index (χ2v) is 7.51. The van der Waals surface area contributed by atoms with Crippen LogP contribution in [0, 0.1) is 6.92 Å². The normalized spacial score (nSPS) is 17.9. The zero-order valence-corrected chi connectivity index (χ0v) is 16.4. The number of hydrogen-bond acceptors (Lipinski definition) is 8. The highest BCUT2D eigenvalue weighted by atomic mass is 16.5. The summed E-state index contributed by atoms with van der Waals surface area (Å²) in [7, 11) is 0. The van der Waals surface area contributed by atoms with E-state index in [0.717, 1.165) is 50.8 Å². The molecule has 0 amide bonds. The largest absolute Gasteiger partial charge is 0.378 e. The number of aromatic nitrogens is 5. The van der Waals surface area contributed by atoms with Gasteiger partial charge in [0, 0.05) is 39.0 Å². The minimum absolute atomic E-state index is 0. The van der Waals surface area contributed by atoms with Crippen LogP contribution in [0.3, 0.4) is 0 Å². The lowest BCUT2D eigenvalue weighted by molar-refractivity contribution is -0.0660. The first-order chi connectivity index (χ1) is 14.2. The Morgan fingerprint density at radius 3 is 2.55 bits per heavy atom. The number of piperazine rings is 1. The van der Waals surface area contributed by atoms with Crippen molar-refractivity contribution in [1.29, 1.82) is 0 Å². The van der Waals surface area contributed by atoms with Gasteiger partial charge in [-0.3, -0.25) is 4.90 Å². The van der Waals surface area contributed by atoms with Gasteiger partial charge in [0.05, 0.1) is 31.6 Å². The number of aryl methyl sites for hydroxylation is 1. The summed E-state index contributed by atoms with van der Waals surface area (Å²) in [5, 5.41) is 7.80. The zero-order valence-electron chi connectivity index (χ0n) is 16.4. The molecule has 2 saturated heterocycles. The second-order valence-electron chi connectivity index (χ2n) is 7.51. The average Bonchev–Trinajstić information content (AvgIpc) is 3.16. The maximum atomic E-state index is 5.33. The fraction of sp³-hybridized carbons (Fsp3) is 0.400. The molecule has 4 heterocycles. The first-order valence-electron chi connectivity index (χ1n) is 9.87. The molecule has 2 aliphatic rings. The molecule has 0 aliphatic carbocycles. The molecule has 0 unspecified atom stereocenters. The van der Waals surface area contributed by atoms with Crippen LogP contribution < -0.4 is 10.2 Å². The van der Waals surface area contributed by atoms with E-state index in [4.69, 9.17) is 4.74 Å². The summed E-state index contributed by atoms with van der Waals surface area (Å²) in [5.74, 6) is 0.542. The fourth-order valence-corrected chi connectivity index (χ4v) is 3.78. The van der Waals surface area contributed by atoms with E-state index in [9.17, 15) is 0 Å². The average molecular weight is 394 g/mol. The Kier molecular flexibility index (Phi) is 4.82. The molecule has 0 saturated carbocycles. The number of hydrogen-bond donors (Lipinski definition) is 1. The van der Waals surface area contributed by atoms with Gasteiger partial charge in [-0.25, -0.2) is 14.6 Å². The molecular weight excluding hydrogens is 368 g/mol. The molecule has 9 heteroatoms. The minimum atomic E-state index is 0. The quantitative estimate of drug-likeness (QED) is 0.702. The van der Waals surface area contributed by atoms with Gasteiger partial charge in [-0.2, -0.15) is 4.98 Å². The van der Waals surface area contributed by atoms with Crippen LogP contribution in [-0.2, 0) is 4.74 Å². The Balaban J connectivity index is 0.00000218. The summed E-state index contributed by atoms with van der Waals surface area (Å²) in [6.45, 7) is 8.09. The predicted octanol–water partition coefficient (Wildman–Crippen LogP) is 1.88. The molecule has 0 atom stereocenters. The van der Waals surface area contributed by atoms with Crippen LogP contribution in [0.5, 0.6) is 0 Å². The van der Waals surface area contributed by atoms with E-state index in [1.165, 1.54) is 17.6 Å². The molecule has 2 aromatic heterocycles. The van der Waals surface area contributed by atoms with Crippen LogP contribution in [0.25, 0.3) is 5.69 Å². The third-order valence-electron chi connectivity index (χ3n) is 5.44. The van der Waals surface area contributed by atoms with Gasteiger partial charge in [-0.1, -0.05) is 0 Å². The Hall–Kier alpha value is -3.04. The molecule has 1 aromatic carbocycles. The van der Waals surface area contributed by atoms with E-state index in [-0.39, 0.29) is 1.43 Å². The Morgan fingerprint density at radius 2 is 1.83 bits per heavy atom. The standard InChI is InChI=1S/C20H24N8O.H2/c1-15-6-16(24-20-23-14-28(25-20)18-9-21-13-22-10-18)8-17(7-15)26-2-4-27(5-3-26)19-11-29-12-19;/h6-10,13-14,19H,2-5,11-12H2,1H3,(H,24,25);1H. The van der Waals surface area contributed by atoms with Crippen molar-refractivity contribution in [2.24, 2.45) is 0 Å². The van der Waals surface area contributed by atoms with Gasteiger partial charge in [0.15, 0.2) is 0 Å². The number of ether oxygens (including phenoxy) is 1. The van der Waals surface area contributed by atoms with Crippen molar-refractivity contribution >= 4 is 17.3 Å². The Bertz CT molecular complexity index is 970. The van der Waals surface area contributed by atoms with Crippen molar-refractivity contribution in [1.82, 2.24) is 29.6 Å². The topological polar surface area (TPSA) is 84.2 Å². The summed E-state index contributed by atoms with van der Waals surface area (Å²) in [5.41, 5.74) is 4.19. The van der Waals surface area contributed by atoms with Crippen molar-refractivity contribution in [3.8, 4) is 5.69 Å². The molecule has 2 aliphatic heterocycles. The van der Waals surface area contributed by atoms with Crippen molar-refractivity contribution in [2.75, 3.05) is 49.6 Å². The van der Waals surface area contributed by atoms with E-state index < -0.39 is 0 Å². The third-order valence-corrected chi connectivity index (χ3v) is 5.44. The first kappa shape index (κ1) is 18.0. The van der Waals surface area contributed by atoms with Gasteiger partial charge in [-0.15, -0.1) is 5.10 Å². The molecule has 152 valence electrons. The summed E-state index contributed by atoms with van der Waals surface area (Å²) in [4.78, 5) is 17.4. The highest BCUT2D eigenvalue weighted by Gasteiger charge is 2.29. The van der Waals surface area contributed by atoms with Crippen molar-refractivity contribution < 1.29 is 6.16 Å². The minimum Gasteiger partial charge on any atom is -0.378 e. The van der Waals surface area contributed by atoms with Crippen LogP contribution in [-0.4, -0.2) is 75.1 Å². The third kappa shape index (κ3) is 3.92. The van der Waals surface area contributed by atoms with E-state index in [2.05, 4.69) is 60.3 Å². The lowest BCUT2D eigenvalue weighted by Gasteiger charge is -2.43. The summed E-state index contributed by atoms with van der Waals surface area (Å²) >= 11 is 0. The fourth-order valence-electron chi connectivity index (χ4n) is 3.78. The maximum Gasteiger partial charge on any atom is 0.246 e. The SMILES string of the molecule is Cc1cc(Nc2ncn(-c3cncnc3)n2)cc(N2CCN(C3COC3)CC2)c1.[HH]. The Morgan fingerprint density at radius 1 is 1.03 bits per heavy atom. The van der Waals surface area contributed by atoms with Gasteiger partial charge < -0.3 is 15.0 Å². The number of rotatable bonds is 5. The summed E-state index contributed by atoms with van der Waals surface area (Å²) < 4.78 is 6.99. The predicted molar refractivity (Wildman–Crippen MR) is 112 cm³/mol. The van der Waals surface area contributed by atoms with Crippen molar-refractivity contribution in [3.63, 3.8) is 0 Å². The van der Waals surface area contributed by atoms with Crippen molar-refractivity contribution in [2.45, 2.75) is 13.0 Å². The summed E-state index contributed by atoms with van der Waals surface area (Å²) in [6, 6.07) is 7.13. The monoisotopic (exact) mass is 394 g/mol. The van der Waals surface area contributed by atoms with Crippen molar-refractivity contribution in [3.05, 3.63) is 48.8 Å². The van der Waals surface area contributed by atoms with E-state index in [1.54, 1.807) is 23.4 Å². The van der Waals surface area contributed by atoms with E-state index in [0.29, 0.717) is 12.0 Å². The van der Waals surface area contributed by atoms with Gasteiger partial charge in [-0.05, 0) is 30.7 Å². The lowest BCUT2D eigenvalue weighted by Crippen LogP contribution is -2.56. The lowest BCUT2D eigenvalue weighted by atomic mass is 10.1. The van der Waals surface area contributed by atoms with Gasteiger partial charge in [0.25, 0.3) is 0 Å². The van der Waals surface area contributed by atoms with E-state index in [1.807, 2.05) is 0 Å². The van der Waals surface area contributed by atoms with Crippen LogP contribution in [0.4, 0.5) is 17.3 Å². The maximum absolute atomic E-state index is 5.33. The number of benzene rings is 1. The Labute approximate surface area is 170 Å². The zero-order chi connectivity index (χ0) is 19.6. The van der Waals surface area contributed by atoms with Crippen LogP contribution >= 0.6 is 0 Å². The van der Waals surface area contributed by atoms with Gasteiger partial charge in [0.2, 0.25) is 5.95 Å². The highest BCUT2D eigenvalue weighted by Crippen LogP contribution is 2.26. The van der Waals surface area contributed by atoms with Crippen LogP contribution in [0.15, 0.2) is 43.2 Å². The second kappa shape index (κ2) is 7.76.